The van der Waals surface area contributed by atoms with Gasteiger partial charge in [-0.2, -0.15) is 0 Å². The van der Waals surface area contributed by atoms with Crippen LogP contribution < -0.4 is 0 Å². The molecule has 3 rings (SSSR count). The third-order valence-electron chi connectivity index (χ3n) is 2.96. The quantitative estimate of drug-likeness (QED) is 0.873. The second kappa shape index (κ2) is 4.22. The van der Waals surface area contributed by atoms with Crippen molar-refractivity contribution in [1.29, 1.82) is 0 Å². The van der Waals surface area contributed by atoms with Gasteiger partial charge in [-0.25, -0.2) is 4.98 Å². The Morgan fingerprint density at radius 3 is 3.12 bits per heavy atom. The number of fused-ring (bicyclic) bond motifs is 1. The molecule has 1 aliphatic rings. The van der Waals surface area contributed by atoms with Crippen molar-refractivity contribution in [1.82, 2.24) is 9.55 Å². The topological polar surface area (TPSA) is 47.3 Å². The number of ether oxygens (including phenoxy) is 1. The molecular weight excluding hydrogens is 216 g/mol. The second-order valence-electron chi connectivity index (χ2n) is 4.15. The number of imidazole rings is 1. The molecule has 0 bridgehead atoms. The van der Waals surface area contributed by atoms with Crippen molar-refractivity contribution in [2.45, 2.75) is 19.1 Å². The highest BCUT2D eigenvalue weighted by molar-refractivity contribution is 5.74. The summed E-state index contributed by atoms with van der Waals surface area (Å²) in [4.78, 5) is 4.29. The predicted molar refractivity (Wildman–Crippen MR) is 64.4 cm³/mol. The fourth-order valence-electron chi connectivity index (χ4n) is 2.10. The summed E-state index contributed by atoms with van der Waals surface area (Å²) in [5, 5.41) is 10.0. The lowest BCUT2D eigenvalue weighted by Gasteiger charge is -2.13. The Kier molecular flexibility index (Phi) is 2.57. The molecule has 2 heterocycles. The average Bonchev–Trinajstić information content (AvgIpc) is 2.98. The number of para-hydroxylation sites is 2. The summed E-state index contributed by atoms with van der Waals surface area (Å²) < 4.78 is 7.30. The largest absolute Gasteiger partial charge is 0.495 e. The lowest BCUT2D eigenvalue weighted by molar-refractivity contribution is 0.106. The summed E-state index contributed by atoms with van der Waals surface area (Å²) in [5.41, 5.74) is 1.98. The summed E-state index contributed by atoms with van der Waals surface area (Å²) >= 11 is 0. The lowest BCUT2D eigenvalue weighted by atomic mass is 10.2. The maximum absolute atomic E-state index is 10.0. The fourth-order valence-corrected chi connectivity index (χ4v) is 2.10. The number of hydrogen-bond donors (Lipinski definition) is 1. The molecule has 88 valence electrons. The Labute approximate surface area is 99.2 Å². The van der Waals surface area contributed by atoms with Crippen molar-refractivity contribution in [3.63, 3.8) is 0 Å². The lowest BCUT2D eigenvalue weighted by Crippen LogP contribution is -2.18. The highest BCUT2D eigenvalue weighted by Crippen LogP contribution is 2.17. The van der Waals surface area contributed by atoms with Crippen LogP contribution in [0, 0.1) is 0 Å². The molecule has 0 spiro atoms. The van der Waals surface area contributed by atoms with E-state index < -0.39 is 6.10 Å². The molecule has 1 N–H and O–H groups in total. The van der Waals surface area contributed by atoms with Crippen LogP contribution in [0.3, 0.4) is 0 Å². The first kappa shape index (κ1) is 10.4. The van der Waals surface area contributed by atoms with Gasteiger partial charge in [-0.1, -0.05) is 12.1 Å². The Morgan fingerprint density at radius 1 is 1.41 bits per heavy atom. The van der Waals surface area contributed by atoms with Gasteiger partial charge < -0.3 is 14.4 Å². The first-order valence-corrected chi connectivity index (χ1v) is 5.75. The van der Waals surface area contributed by atoms with E-state index in [1.807, 2.05) is 34.9 Å². The SMILES string of the molecule is OC(Cn1cnc2ccccc21)C1=CCCO1. The van der Waals surface area contributed by atoms with E-state index >= 15 is 0 Å². The van der Waals surface area contributed by atoms with E-state index in [1.165, 1.54) is 0 Å². The minimum absolute atomic E-state index is 0.479. The third kappa shape index (κ3) is 1.91. The maximum atomic E-state index is 10.0. The Bertz CT molecular complexity index is 559. The van der Waals surface area contributed by atoms with E-state index in [-0.39, 0.29) is 0 Å². The highest BCUT2D eigenvalue weighted by Gasteiger charge is 2.17. The number of aliphatic hydroxyl groups excluding tert-OH is 1. The van der Waals surface area contributed by atoms with Gasteiger partial charge in [-0.05, 0) is 18.2 Å². The van der Waals surface area contributed by atoms with E-state index in [0.717, 1.165) is 17.5 Å². The van der Waals surface area contributed by atoms with Gasteiger partial charge >= 0.3 is 0 Å². The molecule has 17 heavy (non-hydrogen) atoms. The smallest absolute Gasteiger partial charge is 0.129 e. The van der Waals surface area contributed by atoms with Crippen molar-refractivity contribution in [3.05, 3.63) is 42.4 Å². The van der Waals surface area contributed by atoms with E-state index in [2.05, 4.69) is 4.98 Å². The molecule has 0 fully saturated rings. The minimum Gasteiger partial charge on any atom is -0.495 e. The average molecular weight is 230 g/mol. The Hall–Kier alpha value is -1.81. The summed E-state index contributed by atoms with van der Waals surface area (Å²) in [6.07, 6.45) is 4.00. The Balaban J connectivity index is 1.85. The number of aromatic nitrogens is 2. The number of hydrogen-bond acceptors (Lipinski definition) is 3. The van der Waals surface area contributed by atoms with Crippen LogP contribution in [-0.2, 0) is 11.3 Å². The van der Waals surface area contributed by atoms with Crippen LogP contribution in [0.25, 0.3) is 11.0 Å². The highest BCUT2D eigenvalue weighted by atomic mass is 16.5. The van der Waals surface area contributed by atoms with Gasteiger partial charge in [0.15, 0.2) is 0 Å². The molecule has 1 aliphatic heterocycles. The molecule has 1 atom stereocenters. The van der Waals surface area contributed by atoms with Crippen LogP contribution in [0.15, 0.2) is 42.4 Å². The summed E-state index contributed by atoms with van der Waals surface area (Å²) in [6.45, 7) is 1.16. The number of benzene rings is 1. The normalized spacial score (nSPS) is 16.9. The van der Waals surface area contributed by atoms with Crippen molar-refractivity contribution < 1.29 is 9.84 Å². The molecule has 2 aromatic rings. The molecule has 0 amide bonds. The van der Waals surface area contributed by atoms with Gasteiger partial charge in [0.25, 0.3) is 0 Å². The molecule has 1 unspecified atom stereocenters. The van der Waals surface area contributed by atoms with Crippen LogP contribution in [0.2, 0.25) is 0 Å². The molecule has 0 saturated heterocycles. The van der Waals surface area contributed by atoms with Crippen LogP contribution in [-0.4, -0.2) is 27.4 Å². The number of aliphatic hydroxyl groups is 1. The van der Waals surface area contributed by atoms with Gasteiger partial charge in [0, 0.05) is 6.42 Å². The molecular formula is C13H14N2O2. The zero-order valence-electron chi connectivity index (χ0n) is 9.41. The second-order valence-corrected chi connectivity index (χ2v) is 4.15. The monoisotopic (exact) mass is 230 g/mol. The summed E-state index contributed by atoms with van der Waals surface area (Å²) in [7, 11) is 0. The van der Waals surface area contributed by atoms with E-state index in [1.54, 1.807) is 6.33 Å². The van der Waals surface area contributed by atoms with Crippen LogP contribution in [0.4, 0.5) is 0 Å². The number of nitrogens with zero attached hydrogens (tertiary/aromatic N) is 2. The minimum atomic E-state index is -0.588. The van der Waals surface area contributed by atoms with Crippen molar-refractivity contribution >= 4 is 11.0 Å². The van der Waals surface area contributed by atoms with Crippen molar-refractivity contribution in [2.24, 2.45) is 0 Å². The molecule has 1 aromatic carbocycles. The zero-order valence-corrected chi connectivity index (χ0v) is 9.41. The summed E-state index contributed by atoms with van der Waals surface area (Å²) in [5.74, 6) is 0.683. The van der Waals surface area contributed by atoms with Gasteiger partial charge in [0.2, 0.25) is 0 Å². The molecule has 1 aromatic heterocycles. The van der Waals surface area contributed by atoms with Gasteiger partial charge in [-0.3, -0.25) is 0 Å². The molecule has 0 saturated carbocycles. The molecule has 4 nitrogen and oxygen atoms in total. The van der Waals surface area contributed by atoms with E-state index in [4.69, 9.17) is 4.74 Å². The van der Waals surface area contributed by atoms with Crippen LogP contribution in [0.5, 0.6) is 0 Å². The van der Waals surface area contributed by atoms with Gasteiger partial charge in [-0.15, -0.1) is 0 Å². The van der Waals surface area contributed by atoms with Crippen LogP contribution >= 0.6 is 0 Å². The molecule has 4 heteroatoms. The number of rotatable bonds is 3. The predicted octanol–water partition coefficient (Wildman–Crippen LogP) is 1.70. The standard InChI is InChI=1S/C13H14N2O2/c16-12(13-6-3-7-17-13)8-15-9-14-10-4-1-2-5-11(10)15/h1-2,4-6,9,12,16H,3,7-8H2. The maximum Gasteiger partial charge on any atom is 0.129 e. The van der Waals surface area contributed by atoms with Crippen molar-refractivity contribution in [3.8, 4) is 0 Å². The third-order valence-corrected chi connectivity index (χ3v) is 2.96. The summed E-state index contributed by atoms with van der Waals surface area (Å²) in [6, 6.07) is 7.89. The van der Waals surface area contributed by atoms with E-state index in [9.17, 15) is 5.11 Å². The van der Waals surface area contributed by atoms with Crippen LogP contribution in [0.1, 0.15) is 6.42 Å². The first-order chi connectivity index (χ1) is 8.34. The fraction of sp³-hybridized carbons (Fsp3) is 0.308. The Morgan fingerprint density at radius 2 is 2.29 bits per heavy atom. The van der Waals surface area contributed by atoms with Crippen molar-refractivity contribution in [2.75, 3.05) is 6.61 Å². The first-order valence-electron chi connectivity index (χ1n) is 5.75. The zero-order chi connectivity index (χ0) is 11.7. The van der Waals surface area contributed by atoms with Gasteiger partial charge in [0.05, 0.1) is 30.5 Å². The van der Waals surface area contributed by atoms with Gasteiger partial charge in [0.1, 0.15) is 11.9 Å². The molecule has 0 aliphatic carbocycles. The van der Waals surface area contributed by atoms with E-state index in [0.29, 0.717) is 18.9 Å². The molecule has 0 radical (unpaired) electrons.